The second-order valence-corrected chi connectivity index (χ2v) is 5.43. The third kappa shape index (κ3) is 4.30. The summed E-state index contributed by atoms with van der Waals surface area (Å²) in [5.74, 6) is 0.618. The van der Waals surface area contributed by atoms with Gasteiger partial charge in [0, 0.05) is 6.54 Å². The summed E-state index contributed by atoms with van der Waals surface area (Å²) in [4.78, 5) is 12.0. The van der Waals surface area contributed by atoms with Gasteiger partial charge in [0.1, 0.15) is 0 Å². The lowest BCUT2D eigenvalue weighted by Crippen LogP contribution is -2.40. The molecule has 3 nitrogen and oxygen atoms in total. The molecular formula is C14H27NO2. The summed E-state index contributed by atoms with van der Waals surface area (Å²) in [6.07, 6.45) is 9.09. The van der Waals surface area contributed by atoms with Crippen molar-refractivity contribution in [3.05, 3.63) is 0 Å². The van der Waals surface area contributed by atoms with Crippen LogP contribution in [0, 0.1) is 11.3 Å². The Morgan fingerprint density at radius 3 is 2.53 bits per heavy atom. The molecule has 1 atom stereocenters. The first-order valence-electron chi connectivity index (χ1n) is 6.97. The molecule has 1 saturated carbocycles. The Morgan fingerprint density at radius 2 is 2.06 bits per heavy atom. The van der Waals surface area contributed by atoms with Gasteiger partial charge in [-0.3, -0.25) is 4.79 Å². The molecule has 0 spiro atoms. The Bertz CT molecular complexity index is 238. The van der Waals surface area contributed by atoms with E-state index in [0.29, 0.717) is 12.5 Å². The predicted molar refractivity (Wildman–Crippen MR) is 69.6 cm³/mol. The van der Waals surface area contributed by atoms with Gasteiger partial charge in [0.05, 0.1) is 12.5 Å². The highest BCUT2D eigenvalue weighted by atomic mass is 16.5. The van der Waals surface area contributed by atoms with Crippen molar-refractivity contribution < 1.29 is 9.53 Å². The minimum absolute atomic E-state index is 0.0941. The summed E-state index contributed by atoms with van der Waals surface area (Å²) >= 11 is 0. The number of hydrogen-bond acceptors (Lipinski definition) is 3. The maximum Gasteiger partial charge on any atom is 0.313 e. The van der Waals surface area contributed by atoms with Gasteiger partial charge in [-0.1, -0.05) is 45.4 Å². The third-order valence-corrected chi connectivity index (χ3v) is 3.89. The van der Waals surface area contributed by atoms with Crippen molar-refractivity contribution in [3.8, 4) is 0 Å². The molecule has 1 unspecified atom stereocenters. The smallest absolute Gasteiger partial charge is 0.313 e. The standard InChI is InChI=1S/C14H27NO2/c1-3-4-5-6-9-14(11-15,13(16)17-2)10-12-7-8-12/h12H,3-11,15H2,1-2H3. The van der Waals surface area contributed by atoms with Crippen molar-refractivity contribution in [3.63, 3.8) is 0 Å². The zero-order valence-electron chi connectivity index (χ0n) is 11.3. The summed E-state index contributed by atoms with van der Waals surface area (Å²) in [7, 11) is 1.48. The van der Waals surface area contributed by atoms with Crippen LogP contribution in [0.5, 0.6) is 0 Å². The summed E-state index contributed by atoms with van der Waals surface area (Å²) in [6, 6.07) is 0. The molecule has 0 amide bonds. The Labute approximate surface area is 105 Å². The highest BCUT2D eigenvalue weighted by molar-refractivity contribution is 5.77. The molecule has 17 heavy (non-hydrogen) atoms. The van der Waals surface area contributed by atoms with Gasteiger partial charge < -0.3 is 10.5 Å². The Hall–Kier alpha value is -0.570. The van der Waals surface area contributed by atoms with Crippen LogP contribution in [0.3, 0.4) is 0 Å². The Kier molecular flexibility index (Phi) is 5.96. The van der Waals surface area contributed by atoms with Gasteiger partial charge in [-0.2, -0.15) is 0 Å². The maximum atomic E-state index is 12.0. The lowest BCUT2D eigenvalue weighted by molar-refractivity contribution is -0.153. The molecule has 2 N–H and O–H groups in total. The average Bonchev–Trinajstić information content (AvgIpc) is 3.16. The summed E-state index contributed by atoms with van der Waals surface area (Å²) in [6.45, 7) is 2.63. The van der Waals surface area contributed by atoms with E-state index in [1.807, 2.05) is 0 Å². The number of rotatable bonds is 9. The van der Waals surface area contributed by atoms with E-state index in [0.717, 1.165) is 19.3 Å². The number of methoxy groups -OCH3 is 1. The molecule has 0 aromatic carbocycles. The first kappa shape index (κ1) is 14.5. The second kappa shape index (κ2) is 7.00. The van der Waals surface area contributed by atoms with Crippen LogP contribution in [0.1, 0.15) is 58.3 Å². The van der Waals surface area contributed by atoms with Gasteiger partial charge in [-0.05, 0) is 18.8 Å². The quantitative estimate of drug-likeness (QED) is 0.499. The molecule has 0 aliphatic heterocycles. The monoisotopic (exact) mass is 241 g/mol. The van der Waals surface area contributed by atoms with Crippen LogP contribution < -0.4 is 5.73 Å². The molecule has 0 radical (unpaired) electrons. The molecule has 100 valence electrons. The molecule has 0 aromatic rings. The molecule has 0 heterocycles. The van der Waals surface area contributed by atoms with E-state index in [-0.39, 0.29) is 5.97 Å². The topological polar surface area (TPSA) is 52.3 Å². The van der Waals surface area contributed by atoms with E-state index >= 15 is 0 Å². The molecule has 1 rings (SSSR count). The predicted octanol–water partition coefficient (Wildman–Crippen LogP) is 2.88. The molecule has 1 aliphatic rings. The second-order valence-electron chi connectivity index (χ2n) is 5.43. The van der Waals surface area contributed by atoms with Crippen molar-refractivity contribution in [2.75, 3.05) is 13.7 Å². The van der Waals surface area contributed by atoms with Crippen LogP contribution >= 0.6 is 0 Å². The Balaban J connectivity index is 2.51. The third-order valence-electron chi connectivity index (χ3n) is 3.89. The number of carbonyl (C=O) groups excluding carboxylic acids is 1. The van der Waals surface area contributed by atoms with Gasteiger partial charge >= 0.3 is 5.97 Å². The largest absolute Gasteiger partial charge is 0.469 e. The van der Waals surface area contributed by atoms with E-state index in [4.69, 9.17) is 10.5 Å². The fourth-order valence-electron chi connectivity index (χ4n) is 2.54. The Morgan fingerprint density at radius 1 is 1.35 bits per heavy atom. The molecule has 3 heteroatoms. The van der Waals surface area contributed by atoms with Gasteiger partial charge in [0.15, 0.2) is 0 Å². The molecule has 0 saturated heterocycles. The van der Waals surface area contributed by atoms with Crippen LogP contribution in [-0.4, -0.2) is 19.6 Å². The van der Waals surface area contributed by atoms with Crippen molar-refractivity contribution in [1.82, 2.24) is 0 Å². The van der Waals surface area contributed by atoms with Gasteiger partial charge in [-0.25, -0.2) is 0 Å². The lowest BCUT2D eigenvalue weighted by atomic mass is 9.78. The van der Waals surface area contributed by atoms with Gasteiger partial charge in [-0.15, -0.1) is 0 Å². The molecule has 1 fully saturated rings. The number of unbranched alkanes of at least 4 members (excludes halogenated alkanes) is 3. The summed E-state index contributed by atoms with van der Waals surface area (Å²) < 4.78 is 4.97. The van der Waals surface area contributed by atoms with Crippen molar-refractivity contribution in [2.24, 2.45) is 17.1 Å². The fraction of sp³-hybridized carbons (Fsp3) is 0.929. The minimum atomic E-state index is -0.399. The summed E-state index contributed by atoms with van der Waals surface area (Å²) in [5.41, 5.74) is 5.48. The van der Waals surface area contributed by atoms with E-state index < -0.39 is 5.41 Å². The van der Waals surface area contributed by atoms with Crippen LogP contribution in [0.4, 0.5) is 0 Å². The van der Waals surface area contributed by atoms with E-state index in [9.17, 15) is 4.79 Å². The fourth-order valence-corrected chi connectivity index (χ4v) is 2.54. The van der Waals surface area contributed by atoms with Gasteiger partial charge in [0.2, 0.25) is 0 Å². The van der Waals surface area contributed by atoms with Crippen LogP contribution in [0.25, 0.3) is 0 Å². The van der Waals surface area contributed by atoms with Crippen LogP contribution in [0.2, 0.25) is 0 Å². The highest BCUT2D eigenvalue weighted by Gasteiger charge is 2.42. The normalized spacial score (nSPS) is 18.8. The highest BCUT2D eigenvalue weighted by Crippen LogP contribution is 2.43. The first-order valence-corrected chi connectivity index (χ1v) is 6.97. The van der Waals surface area contributed by atoms with Gasteiger partial charge in [0.25, 0.3) is 0 Å². The van der Waals surface area contributed by atoms with Crippen LogP contribution in [0.15, 0.2) is 0 Å². The average molecular weight is 241 g/mol. The van der Waals surface area contributed by atoms with Crippen molar-refractivity contribution in [1.29, 1.82) is 0 Å². The zero-order chi connectivity index (χ0) is 12.7. The lowest BCUT2D eigenvalue weighted by Gasteiger charge is -2.29. The van der Waals surface area contributed by atoms with E-state index in [1.165, 1.54) is 39.2 Å². The summed E-state index contributed by atoms with van der Waals surface area (Å²) in [5, 5.41) is 0. The van der Waals surface area contributed by atoms with E-state index in [2.05, 4.69) is 6.92 Å². The molecular weight excluding hydrogens is 214 g/mol. The first-order chi connectivity index (χ1) is 8.18. The van der Waals surface area contributed by atoms with Crippen molar-refractivity contribution >= 4 is 5.97 Å². The van der Waals surface area contributed by atoms with Crippen molar-refractivity contribution in [2.45, 2.75) is 58.3 Å². The molecule has 0 aromatic heterocycles. The minimum Gasteiger partial charge on any atom is -0.469 e. The zero-order valence-corrected chi connectivity index (χ0v) is 11.3. The maximum absolute atomic E-state index is 12.0. The molecule has 1 aliphatic carbocycles. The SMILES string of the molecule is CCCCCCC(CN)(CC1CC1)C(=O)OC. The number of hydrogen-bond donors (Lipinski definition) is 1. The van der Waals surface area contributed by atoms with E-state index in [1.54, 1.807) is 0 Å². The number of carbonyl (C=O) groups is 1. The number of esters is 1. The molecule has 0 bridgehead atoms. The van der Waals surface area contributed by atoms with Crippen LogP contribution in [-0.2, 0) is 9.53 Å². The number of ether oxygens (including phenoxy) is 1. The number of nitrogens with two attached hydrogens (primary N) is 1.